The summed E-state index contributed by atoms with van der Waals surface area (Å²) >= 11 is 0. The van der Waals surface area contributed by atoms with Crippen LogP contribution >= 0.6 is 0 Å². The van der Waals surface area contributed by atoms with Gasteiger partial charge in [0.25, 0.3) is 23.6 Å². The van der Waals surface area contributed by atoms with Gasteiger partial charge in [0.2, 0.25) is 0 Å². The average molecular weight is 1170 g/mol. The summed E-state index contributed by atoms with van der Waals surface area (Å²) in [6.45, 7) is 34.7. The third-order valence-corrected chi connectivity index (χ3v) is 20.2. The van der Waals surface area contributed by atoms with E-state index in [1.807, 2.05) is 0 Å². The molecular weight excluding hydrogens is 1080 g/mol. The van der Waals surface area contributed by atoms with Gasteiger partial charge in [-0.25, -0.2) is 0 Å². The molecule has 88 heavy (non-hydrogen) atoms. The van der Waals surface area contributed by atoms with Gasteiger partial charge in [-0.3, -0.25) is 29.0 Å². The van der Waals surface area contributed by atoms with Gasteiger partial charge < -0.3 is 0 Å². The van der Waals surface area contributed by atoms with Crippen LogP contribution in [0.15, 0.2) is 72.8 Å². The lowest BCUT2D eigenvalue weighted by Crippen LogP contribution is -2.47. The van der Waals surface area contributed by atoms with Crippen LogP contribution in [-0.4, -0.2) is 45.5 Å². The molecule has 9 aromatic carbocycles. The number of unbranched alkanes of at least 4 members (excludes halogenated alkanes) is 8. The summed E-state index contributed by atoms with van der Waals surface area (Å²) in [5, 5.41) is 6.70. The molecule has 6 nitrogen and oxygen atoms in total. The molecule has 2 aliphatic rings. The fraction of sp³-hybridized carbons (Fsp3) is 0.415. The summed E-state index contributed by atoms with van der Waals surface area (Å²) in [6.07, 6.45) is 14.9. The first-order valence-corrected chi connectivity index (χ1v) is 33.6. The van der Waals surface area contributed by atoms with E-state index in [1.165, 1.54) is 0 Å². The number of nitrogens with zero attached hydrogens (tertiary/aromatic N) is 2. The van der Waals surface area contributed by atoms with E-state index in [1.54, 1.807) is 9.80 Å². The molecule has 0 aromatic heterocycles. The number of carbonyl (C=O) groups is 4. The van der Waals surface area contributed by atoms with Crippen molar-refractivity contribution in [2.45, 2.75) is 226 Å². The van der Waals surface area contributed by atoms with Crippen LogP contribution in [0, 0.1) is 83.1 Å². The number of carbonyl (C=O) groups excluding carboxylic acids is 4. The monoisotopic (exact) mass is 1170 g/mol. The van der Waals surface area contributed by atoms with Crippen LogP contribution in [0.5, 0.6) is 0 Å². The Morgan fingerprint density at radius 2 is 0.455 bits per heavy atom. The van der Waals surface area contributed by atoms with E-state index >= 15 is 19.2 Å². The van der Waals surface area contributed by atoms with Crippen LogP contribution in [0.4, 0.5) is 0 Å². The van der Waals surface area contributed by atoms with E-state index in [4.69, 9.17) is 0 Å². The summed E-state index contributed by atoms with van der Waals surface area (Å²) in [6, 6.07) is 26.3. The summed E-state index contributed by atoms with van der Waals surface area (Å²) in [5.74, 6) is -0.908. The van der Waals surface area contributed by atoms with Gasteiger partial charge >= 0.3 is 0 Å². The number of aryl methyl sites for hydroxylation is 12. The van der Waals surface area contributed by atoms with E-state index in [9.17, 15) is 0 Å². The van der Waals surface area contributed by atoms with Crippen molar-refractivity contribution >= 4 is 66.7 Å². The lowest BCUT2D eigenvalue weighted by molar-refractivity contribution is 0.0502. The standard InChI is InChI=1S/C82H94N2O4/c1-17-21-25-29-57(30-26-22-18-2)83-79(85)73-63(67-49(9)33-45(5)34-50(67)10)41-59-61-43-65(69-53(13)37-47(7)38-54(69)14)75-78-72(61)62(60-42-64(74(80(83)86)77(73)71(59)60)68-51(11)35-46(6)36-52(68)12)44-66(70-55(15)39-48(8)40-56(70)16)76(78)82(88)84(81(75)87)58(31-27-23-19-3)32-28-24-20-4/h33-44,57-58H,17-32H2,1-16H3. The second kappa shape index (κ2) is 24.9. The highest BCUT2D eigenvalue weighted by Gasteiger charge is 2.45. The zero-order chi connectivity index (χ0) is 62.9. The number of hydrogen-bond acceptors (Lipinski definition) is 4. The maximum absolute atomic E-state index is 16.8. The second-order valence-electron chi connectivity index (χ2n) is 27.2. The molecule has 456 valence electrons. The quantitative estimate of drug-likeness (QED) is 0.0293. The largest absolute Gasteiger partial charge is 0.271 e. The van der Waals surface area contributed by atoms with E-state index in [0.717, 1.165) is 246 Å². The van der Waals surface area contributed by atoms with Crippen LogP contribution in [0.2, 0.25) is 0 Å². The molecule has 2 aliphatic heterocycles. The minimum Gasteiger partial charge on any atom is -0.271 e. The van der Waals surface area contributed by atoms with Crippen LogP contribution in [0.25, 0.3) is 87.6 Å². The van der Waals surface area contributed by atoms with Gasteiger partial charge in [-0.05, 0) is 254 Å². The summed E-state index contributed by atoms with van der Waals surface area (Å²) in [4.78, 5) is 70.5. The Morgan fingerprint density at radius 3 is 0.636 bits per heavy atom. The lowest BCUT2D eigenvalue weighted by atomic mass is 9.74. The lowest BCUT2D eigenvalue weighted by Gasteiger charge is -2.38. The third-order valence-electron chi connectivity index (χ3n) is 20.2. The highest BCUT2D eigenvalue weighted by Crippen LogP contribution is 2.56. The number of rotatable bonds is 22. The zero-order valence-corrected chi connectivity index (χ0v) is 55.9. The van der Waals surface area contributed by atoms with Crippen LogP contribution in [0.1, 0.15) is 239 Å². The van der Waals surface area contributed by atoms with Crippen molar-refractivity contribution in [3.63, 3.8) is 0 Å². The molecule has 4 amide bonds. The molecule has 0 saturated heterocycles. The molecule has 0 N–H and O–H groups in total. The minimum absolute atomic E-state index is 0.227. The van der Waals surface area contributed by atoms with Crippen molar-refractivity contribution in [3.8, 4) is 44.5 Å². The molecule has 0 spiro atoms. The molecule has 2 heterocycles. The van der Waals surface area contributed by atoms with Crippen molar-refractivity contribution in [1.82, 2.24) is 9.80 Å². The van der Waals surface area contributed by atoms with E-state index in [-0.39, 0.29) is 35.7 Å². The maximum Gasteiger partial charge on any atom is 0.262 e. The fourth-order valence-corrected chi connectivity index (χ4v) is 16.9. The normalized spacial score (nSPS) is 13.5. The third kappa shape index (κ3) is 10.5. The molecule has 0 atom stereocenters. The van der Waals surface area contributed by atoms with Crippen molar-refractivity contribution < 1.29 is 19.2 Å². The number of amides is 4. The Hall–Kier alpha value is -7.44. The molecule has 0 radical (unpaired) electrons. The van der Waals surface area contributed by atoms with Crippen LogP contribution in [0.3, 0.4) is 0 Å². The van der Waals surface area contributed by atoms with Gasteiger partial charge in [0.05, 0.1) is 22.3 Å². The van der Waals surface area contributed by atoms with Gasteiger partial charge in [0.1, 0.15) is 0 Å². The second-order valence-corrected chi connectivity index (χ2v) is 27.2. The van der Waals surface area contributed by atoms with E-state index < -0.39 is 0 Å². The first kappa shape index (κ1) is 62.2. The van der Waals surface area contributed by atoms with Gasteiger partial charge in [0, 0.05) is 22.9 Å². The number of imide groups is 2. The summed E-state index contributed by atoms with van der Waals surface area (Å²) in [7, 11) is 0. The van der Waals surface area contributed by atoms with E-state index in [0.29, 0.717) is 33.0 Å². The topological polar surface area (TPSA) is 74.8 Å². The first-order chi connectivity index (χ1) is 42.2. The van der Waals surface area contributed by atoms with Gasteiger partial charge in [0.15, 0.2) is 0 Å². The Kier molecular flexibility index (Phi) is 17.6. The molecule has 9 aromatic rings. The molecule has 0 aliphatic carbocycles. The van der Waals surface area contributed by atoms with Gasteiger partial charge in [-0.15, -0.1) is 0 Å². The molecule has 0 bridgehead atoms. The molecular formula is C82H94N2O4. The minimum atomic E-state index is -0.286. The van der Waals surface area contributed by atoms with Crippen LogP contribution in [-0.2, 0) is 0 Å². The molecule has 6 heteroatoms. The maximum atomic E-state index is 16.8. The highest BCUT2D eigenvalue weighted by atomic mass is 16.2. The Balaban J connectivity index is 1.43. The highest BCUT2D eigenvalue weighted by molar-refractivity contribution is 6.45. The molecule has 0 fully saturated rings. The Bertz CT molecular complexity index is 3710. The summed E-state index contributed by atoms with van der Waals surface area (Å²) < 4.78 is 0. The van der Waals surface area contributed by atoms with Crippen LogP contribution < -0.4 is 0 Å². The SMILES string of the molecule is CCCCCC(CCCCC)N1C(=O)c2c(-c3c(C)cc(C)cc3C)cc3c4cc(-c5c(C)cc(C)cc5C)c5c6c(c(-c7c(C)cc(C)cc7C)cc(c7cc(-c8c(C)cc(C)cc8C)c(c2c37)C1=O)c64)C(=O)N(C(CCCCC)CCCCC)C5=O. The average Bonchev–Trinajstić information content (AvgIpc) is 0.676. The van der Waals surface area contributed by atoms with E-state index in [2.05, 4.69) is 184 Å². The Morgan fingerprint density at radius 1 is 0.261 bits per heavy atom. The number of hydrogen-bond donors (Lipinski definition) is 0. The van der Waals surface area contributed by atoms with Gasteiger partial charge in [-0.2, -0.15) is 0 Å². The number of benzene rings is 9. The molecule has 0 unspecified atom stereocenters. The predicted molar refractivity (Wildman–Crippen MR) is 371 cm³/mol. The smallest absolute Gasteiger partial charge is 0.262 e. The fourth-order valence-electron chi connectivity index (χ4n) is 16.9. The molecule has 0 saturated carbocycles. The predicted octanol–water partition coefficient (Wildman–Crippen LogP) is 22.4. The van der Waals surface area contributed by atoms with Crippen molar-refractivity contribution in [1.29, 1.82) is 0 Å². The first-order valence-electron chi connectivity index (χ1n) is 33.6. The summed E-state index contributed by atoms with van der Waals surface area (Å²) in [5.41, 5.74) is 22.5. The van der Waals surface area contributed by atoms with Crippen molar-refractivity contribution in [3.05, 3.63) is 162 Å². The van der Waals surface area contributed by atoms with Crippen molar-refractivity contribution in [2.75, 3.05) is 0 Å². The molecule has 11 rings (SSSR count). The number of fused-ring (bicyclic) bond motifs is 2. The van der Waals surface area contributed by atoms with Crippen molar-refractivity contribution in [2.24, 2.45) is 0 Å². The zero-order valence-electron chi connectivity index (χ0n) is 55.9. The van der Waals surface area contributed by atoms with Gasteiger partial charge in [-0.1, -0.05) is 176 Å². The Labute approximate surface area is 524 Å².